The van der Waals surface area contributed by atoms with Crippen molar-refractivity contribution in [1.29, 1.82) is 0 Å². The van der Waals surface area contributed by atoms with Gasteiger partial charge in [-0.1, -0.05) is 19.8 Å². The first kappa shape index (κ1) is 13.8. The summed E-state index contributed by atoms with van der Waals surface area (Å²) >= 11 is 0. The number of carboxylic acid groups (broad SMARTS) is 1. The van der Waals surface area contributed by atoms with Crippen LogP contribution in [-0.2, 0) is 4.79 Å². The van der Waals surface area contributed by atoms with Gasteiger partial charge in [0, 0.05) is 6.04 Å². The first-order valence-electron chi connectivity index (χ1n) is 5.93. The van der Waals surface area contributed by atoms with Crippen molar-refractivity contribution in [3.63, 3.8) is 0 Å². The lowest BCUT2D eigenvalue weighted by Crippen LogP contribution is -2.51. The molecule has 3 atom stereocenters. The molecule has 6 nitrogen and oxygen atoms in total. The van der Waals surface area contributed by atoms with Crippen LogP contribution in [0.4, 0.5) is 4.79 Å². The van der Waals surface area contributed by atoms with Gasteiger partial charge in [-0.15, -0.1) is 0 Å². The number of carbonyl (C=O) groups is 2. The molecule has 0 heterocycles. The second-order valence-electron chi connectivity index (χ2n) is 4.66. The summed E-state index contributed by atoms with van der Waals surface area (Å²) in [4.78, 5) is 22.1. The maximum absolute atomic E-state index is 11.5. The molecule has 1 fully saturated rings. The first-order valence-corrected chi connectivity index (χ1v) is 5.93. The van der Waals surface area contributed by atoms with Gasteiger partial charge >= 0.3 is 12.0 Å². The molecule has 0 aromatic heterocycles. The zero-order valence-corrected chi connectivity index (χ0v) is 9.98. The van der Waals surface area contributed by atoms with Crippen molar-refractivity contribution < 1.29 is 19.8 Å². The van der Waals surface area contributed by atoms with Crippen molar-refractivity contribution in [1.82, 2.24) is 10.6 Å². The number of aliphatic hydroxyl groups excluding tert-OH is 1. The number of nitrogens with one attached hydrogen (secondary N) is 2. The number of rotatable bonds is 4. The monoisotopic (exact) mass is 244 g/mol. The Morgan fingerprint density at radius 3 is 2.65 bits per heavy atom. The second-order valence-corrected chi connectivity index (χ2v) is 4.66. The molecule has 6 heteroatoms. The summed E-state index contributed by atoms with van der Waals surface area (Å²) in [7, 11) is 0. The van der Waals surface area contributed by atoms with Crippen LogP contribution < -0.4 is 10.6 Å². The highest BCUT2D eigenvalue weighted by Gasteiger charge is 2.23. The molecule has 0 radical (unpaired) electrons. The van der Waals surface area contributed by atoms with Gasteiger partial charge in [-0.05, 0) is 18.8 Å². The standard InChI is InChI=1S/C11H20N2O4/c1-7-3-2-4-8(5-7)12-11(17)13-9(6-14)10(15)16/h7-9,14H,2-6H2,1H3,(H,15,16)(H2,12,13,17)/t7?,8?,9-/m0/s1. The van der Waals surface area contributed by atoms with Gasteiger partial charge in [0.25, 0.3) is 0 Å². The minimum absolute atomic E-state index is 0.104. The van der Waals surface area contributed by atoms with Crippen LogP contribution >= 0.6 is 0 Å². The van der Waals surface area contributed by atoms with E-state index in [0.29, 0.717) is 5.92 Å². The van der Waals surface area contributed by atoms with Gasteiger partial charge in [0.15, 0.2) is 6.04 Å². The Hall–Kier alpha value is -1.30. The fourth-order valence-electron chi connectivity index (χ4n) is 2.14. The van der Waals surface area contributed by atoms with E-state index in [9.17, 15) is 9.59 Å². The molecule has 0 aromatic rings. The molecule has 0 aromatic carbocycles. The van der Waals surface area contributed by atoms with E-state index in [1.807, 2.05) is 0 Å². The number of urea groups is 1. The highest BCUT2D eigenvalue weighted by atomic mass is 16.4. The maximum Gasteiger partial charge on any atom is 0.328 e. The highest BCUT2D eigenvalue weighted by molar-refractivity contribution is 5.82. The van der Waals surface area contributed by atoms with Gasteiger partial charge in [-0.2, -0.15) is 0 Å². The zero-order chi connectivity index (χ0) is 12.8. The number of carboxylic acids is 1. The van der Waals surface area contributed by atoms with Gasteiger partial charge in [0.05, 0.1) is 6.61 Å². The van der Waals surface area contributed by atoms with Crippen LogP contribution in [0.5, 0.6) is 0 Å². The lowest BCUT2D eigenvalue weighted by molar-refractivity contribution is -0.140. The third kappa shape index (κ3) is 4.60. The number of amides is 2. The van der Waals surface area contributed by atoms with Crippen molar-refractivity contribution in [2.45, 2.75) is 44.7 Å². The number of aliphatic hydroxyl groups is 1. The average Bonchev–Trinajstić information content (AvgIpc) is 2.25. The van der Waals surface area contributed by atoms with E-state index in [1.165, 1.54) is 6.42 Å². The predicted octanol–water partition coefficient (Wildman–Crippen LogP) is 0.310. The summed E-state index contributed by atoms with van der Waals surface area (Å²) in [5.74, 6) is -0.651. The summed E-state index contributed by atoms with van der Waals surface area (Å²) in [6, 6.07) is -1.66. The van der Waals surface area contributed by atoms with Crippen LogP contribution in [0, 0.1) is 5.92 Å². The molecule has 0 saturated heterocycles. The van der Waals surface area contributed by atoms with Crippen LogP contribution in [0.15, 0.2) is 0 Å². The molecule has 0 spiro atoms. The maximum atomic E-state index is 11.5. The Labute approximate surface area is 100 Å². The number of hydrogen-bond acceptors (Lipinski definition) is 3. The second kappa shape index (κ2) is 6.44. The van der Waals surface area contributed by atoms with Crippen molar-refractivity contribution in [2.75, 3.05) is 6.61 Å². The van der Waals surface area contributed by atoms with E-state index in [0.717, 1.165) is 19.3 Å². The summed E-state index contributed by atoms with van der Waals surface area (Å²) < 4.78 is 0. The molecule has 2 amide bonds. The quantitative estimate of drug-likeness (QED) is 0.572. The molecule has 98 valence electrons. The predicted molar refractivity (Wildman–Crippen MR) is 61.6 cm³/mol. The first-order chi connectivity index (χ1) is 8.02. The molecule has 2 unspecified atom stereocenters. The Morgan fingerprint density at radius 2 is 2.12 bits per heavy atom. The molecule has 17 heavy (non-hydrogen) atoms. The smallest absolute Gasteiger partial charge is 0.328 e. The van der Waals surface area contributed by atoms with Crippen LogP contribution in [0.2, 0.25) is 0 Å². The van der Waals surface area contributed by atoms with Crippen molar-refractivity contribution in [3.8, 4) is 0 Å². The summed E-state index contributed by atoms with van der Waals surface area (Å²) in [6.07, 6.45) is 4.10. The van der Waals surface area contributed by atoms with Gasteiger partial charge in [0.1, 0.15) is 0 Å². The van der Waals surface area contributed by atoms with Crippen LogP contribution in [0.1, 0.15) is 32.6 Å². The van der Waals surface area contributed by atoms with Crippen molar-refractivity contribution in [2.24, 2.45) is 5.92 Å². The molecule has 1 aliphatic rings. The molecule has 0 aliphatic heterocycles. The van der Waals surface area contributed by atoms with E-state index in [1.54, 1.807) is 0 Å². The van der Waals surface area contributed by atoms with Crippen molar-refractivity contribution in [3.05, 3.63) is 0 Å². The number of hydrogen-bond donors (Lipinski definition) is 4. The van der Waals surface area contributed by atoms with E-state index < -0.39 is 24.6 Å². The van der Waals surface area contributed by atoms with E-state index >= 15 is 0 Å². The fraction of sp³-hybridized carbons (Fsp3) is 0.818. The van der Waals surface area contributed by atoms with Crippen molar-refractivity contribution >= 4 is 12.0 Å². The van der Waals surface area contributed by atoms with Crippen LogP contribution in [0.25, 0.3) is 0 Å². The SMILES string of the molecule is CC1CCCC(NC(=O)N[C@@H](CO)C(=O)O)C1. The van der Waals surface area contributed by atoms with Gasteiger partial charge in [-0.25, -0.2) is 9.59 Å². The van der Waals surface area contributed by atoms with E-state index in [2.05, 4.69) is 17.6 Å². The molecule has 0 bridgehead atoms. The van der Waals surface area contributed by atoms with Crippen LogP contribution in [-0.4, -0.2) is 40.9 Å². The molecule has 4 N–H and O–H groups in total. The highest BCUT2D eigenvalue weighted by Crippen LogP contribution is 2.23. The molecular weight excluding hydrogens is 224 g/mol. The fourth-order valence-corrected chi connectivity index (χ4v) is 2.14. The summed E-state index contributed by atoms with van der Waals surface area (Å²) in [6.45, 7) is 1.53. The lowest BCUT2D eigenvalue weighted by atomic mass is 9.87. The van der Waals surface area contributed by atoms with Crippen LogP contribution in [0.3, 0.4) is 0 Å². The summed E-state index contributed by atoms with van der Waals surface area (Å²) in [5.41, 5.74) is 0. The Morgan fingerprint density at radius 1 is 1.41 bits per heavy atom. The third-order valence-corrected chi connectivity index (χ3v) is 3.06. The zero-order valence-electron chi connectivity index (χ0n) is 9.98. The normalized spacial score (nSPS) is 26.0. The Balaban J connectivity index is 2.35. The largest absolute Gasteiger partial charge is 0.480 e. The Bertz CT molecular complexity index is 283. The van der Waals surface area contributed by atoms with Gasteiger partial charge in [0.2, 0.25) is 0 Å². The number of carbonyl (C=O) groups excluding carboxylic acids is 1. The topological polar surface area (TPSA) is 98.7 Å². The van der Waals surface area contributed by atoms with E-state index in [4.69, 9.17) is 10.2 Å². The van der Waals surface area contributed by atoms with E-state index in [-0.39, 0.29) is 6.04 Å². The minimum atomic E-state index is -1.24. The average molecular weight is 244 g/mol. The summed E-state index contributed by atoms with van der Waals surface area (Å²) in [5, 5.41) is 22.4. The lowest BCUT2D eigenvalue weighted by Gasteiger charge is -2.27. The molecular formula is C11H20N2O4. The van der Waals surface area contributed by atoms with Gasteiger partial charge in [-0.3, -0.25) is 0 Å². The van der Waals surface area contributed by atoms with Gasteiger partial charge < -0.3 is 20.8 Å². The third-order valence-electron chi connectivity index (χ3n) is 3.06. The minimum Gasteiger partial charge on any atom is -0.480 e. The molecule has 1 rings (SSSR count). The number of aliphatic carboxylic acids is 1. The Kier molecular flexibility index (Phi) is 5.21. The molecule has 1 saturated carbocycles. The molecule has 1 aliphatic carbocycles.